The third-order valence-corrected chi connectivity index (χ3v) is 1.92. The van der Waals surface area contributed by atoms with E-state index in [0.29, 0.717) is 13.2 Å². The van der Waals surface area contributed by atoms with E-state index in [0.717, 1.165) is 12.3 Å². The number of fused-ring (bicyclic) bond motifs is 1. The zero-order chi connectivity index (χ0) is 10.8. The number of carbonyl (C=O) groups is 1. The molecule has 1 aliphatic heterocycles. The topological polar surface area (TPSA) is 94.4 Å². The minimum absolute atomic E-state index is 0.0988. The number of nitrogens with zero attached hydrogens (tertiary/aromatic N) is 2. The van der Waals surface area contributed by atoms with E-state index in [9.17, 15) is 14.9 Å². The average Bonchev–Trinajstić information content (AvgIpc) is 2.40. The van der Waals surface area contributed by atoms with Crippen molar-refractivity contribution in [3.8, 4) is 5.88 Å². The van der Waals surface area contributed by atoms with Crippen LogP contribution in [0.4, 0.5) is 5.69 Å². The number of carbonyl (C=O) groups excluding carboxylic acids is 1. The second-order valence-corrected chi connectivity index (χ2v) is 2.91. The minimum atomic E-state index is -0.606. The molecule has 2 heterocycles. The van der Waals surface area contributed by atoms with E-state index in [1.807, 2.05) is 0 Å². The highest BCUT2D eigenvalue weighted by Crippen LogP contribution is 2.21. The van der Waals surface area contributed by atoms with Gasteiger partial charge in [-0.2, -0.15) is 0 Å². The highest BCUT2D eigenvalue weighted by molar-refractivity contribution is 5.97. The SMILES string of the molecule is O=C1NCCOc2ncc([N+](=O)[O-])cc21. The fourth-order valence-electron chi connectivity index (χ4n) is 1.23. The van der Waals surface area contributed by atoms with Gasteiger partial charge in [-0.3, -0.25) is 14.9 Å². The maximum atomic E-state index is 11.4. The third-order valence-electron chi connectivity index (χ3n) is 1.92. The zero-order valence-electron chi connectivity index (χ0n) is 7.60. The van der Waals surface area contributed by atoms with E-state index in [1.54, 1.807) is 0 Å². The van der Waals surface area contributed by atoms with Crippen LogP contribution in [0, 0.1) is 10.1 Å². The molecule has 0 bridgehead atoms. The van der Waals surface area contributed by atoms with Gasteiger partial charge in [0.15, 0.2) is 0 Å². The van der Waals surface area contributed by atoms with Crippen molar-refractivity contribution in [2.24, 2.45) is 0 Å². The number of ether oxygens (including phenoxy) is 1. The lowest BCUT2D eigenvalue weighted by molar-refractivity contribution is -0.385. The number of pyridine rings is 1. The van der Waals surface area contributed by atoms with Crippen molar-refractivity contribution in [1.29, 1.82) is 0 Å². The van der Waals surface area contributed by atoms with E-state index in [-0.39, 0.29) is 17.1 Å². The van der Waals surface area contributed by atoms with E-state index >= 15 is 0 Å². The van der Waals surface area contributed by atoms with Gasteiger partial charge in [-0.15, -0.1) is 0 Å². The molecule has 0 aliphatic carbocycles. The van der Waals surface area contributed by atoms with Crippen molar-refractivity contribution < 1.29 is 14.5 Å². The molecule has 0 saturated heterocycles. The van der Waals surface area contributed by atoms with Gasteiger partial charge in [0, 0.05) is 6.07 Å². The molecule has 15 heavy (non-hydrogen) atoms. The lowest BCUT2D eigenvalue weighted by Gasteiger charge is -2.02. The van der Waals surface area contributed by atoms with Gasteiger partial charge in [-0.1, -0.05) is 0 Å². The first-order valence-electron chi connectivity index (χ1n) is 4.24. The van der Waals surface area contributed by atoms with Crippen LogP contribution in [0.25, 0.3) is 0 Å². The van der Waals surface area contributed by atoms with Gasteiger partial charge in [0.25, 0.3) is 11.6 Å². The summed E-state index contributed by atoms with van der Waals surface area (Å²) in [6, 6.07) is 1.16. The summed E-state index contributed by atoms with van der Waals surface area (Å²) < 4.78 is 5.14. The summed E-state index contributed by atoms with van der Waals surface area (Å²) >= 11 is 0. The summed E-state index contributed by atoms with van der Waals surface area (Å²) in [5, 5.41) is 13.0. The van der Waals surface area contributed by atoms with Gasteiger partial charge in [-0.25, -0.2) is 4.98 Å². The first-order valence-corrected chi connectivity index (χ1v) is 4.24. The normalized spacial score (nSPS) is 14.5. The van der Waals surface area contributed by atoms with E-state index in [2.05, 4.69) is 10.3 Å². The second kappa shape index (κ2) is 3.52. The number of amides is 1. The molecule has 0 radical (unpaired) electrons. The molecule has 1 aromatic rings. The quantitative estimate of drug-likeness (QED) is 0.523. The predicted molar refractivity (Wildman–Crippen MR) is 48.7 cm³/mol. The molecule has 0 aromatic carbocycles. The Kier molecular flexibility index (Phi) is 2.20. The van der Waals surface area contributed by atoms with Crippen LogP contribution in [0.1, 0.15) is 10.4 Å². The van der Waals surface area contributed by atoms with Crippen molar-refractivity contribution in [2.45, 2.75) is 0 Å². The average molecular weight is 209 g/mol. The molecule has 1 N–H and O–H groups in total. The first kappa shape index (κ1) is 9.38. The molecular weight excluding hydrogens is 202 g/mol. The number of nitro groups is 1. The Labute approximate surface area is 84.2 Å². The summed E-state index contributed by atoms with van der Waals surface area (Å²) in [7, 11) is 0. The molecule has 2 rings (SSSR count). The first-order chi connectivity index (χ1) is 7.18. The Morgan fingerprint density at radius 3 is 3.13 bits per heavy atom. The van der Waals surface area contributed by atoms with E-state index in [1.165, 1.54) is 0 Å². The Hall–Kier alpha value is -2.18. The van der Waals surface area contributed by atoms with Crippen molar-refractivity contribution in [3.05, 3.63) is 27.9 Å². The van der Waals surface area contributed by atoms with Crippen LogP contribution in [0.5, 0.6) is 5.88 Å². The smallest absolute Gasteiger partial charge is 0.288 e. The van der Waals surface area contributed by atoms with Gasteiger partial charge < -0.3 is 10.1 Å². The molecule has 1 amide bonds. The van der Waals surface area contributed by atoms with Crippen LogP contribution < -0.4 is 10.1 Å². The largest absolute Gasteiger partial charge is 0.475 e. The van der Waals surface area contributed by atoms with E-state index in [4.69, 9.17) is 4.74 Å². The molecule has 1 aliphatic rings. The van der Waals surface area contributed by atoms with Crippen molar-refractivity contribution in [1.82, 2.24) is 10.3 Å². The van der Waals surface area contributed by atoms with Crippen molar-refractivity contribution in [2.75, 3.05) is 13.2 Å². The fourth-order valence-corrected chi connectivity index (χ4v) is 1.23. The molecule has 0 fully saturated rings. The van der Waals surface area contributed by atoms with Crippen molar-refractivity contribution in [3.63, 3.8) is 0 Å². The Morgan fingerprint density at radius 2 is 2.40 bits per heavy atom. The number of hydrogen-bond donors (Lipinski definition) is 1. The summed E-state index contributed by atoms with van der Waals surface area (Å²) in [5.41, 5.74) is -0.129. The lowest BCUT2D eigenvalue weighted by atomic mass is 10.2. The van der Waals surface area contributed by atoms with Crippen LogP contribution in [0.3, 0.4) is 0 Å². The van der Waals surface area contributed by atoms with Crippen LogP contribution in [-0.4, -0.2) is 29.0 Å². The number of nitrogens with one attached hydrogen (secondary N) is 1. The number of hydrogen-bond acceptors (Lipinski definition) is 5. The Bertz CT molecular complexity index is 432. The molecule has 0 unspecified atom stereocenters. The molecule has 0 atom stereocenters. The summed E-state index contributed by atoms with van der Waals surface area (Å²) in [4.78, 5) is 25.0. The molecule has 7 heteroatoms. The lowest BCUT2D eigenvalue weighted by Crippen LogP contribution is -2.24. The predicted octanol–water partition coefficient (Wildman–Crippen LogP) is 0.112. The highest BCUT2D eigenvalue weighted by atomic mass is 16.6. The molecule has 0 saturated carbocycles. The standard InChI is InChI=1S/C8H7N3O4/c12-7-6-3-5(11(13)14)4-10-8(6)15-2-1-9-7/h3-4H,1-2H2,(H,9,12). The van der Waals surface area contributed by atoms with Crippen LogP contribution in [-0.2, 0) is 0 Å². The number of aromatic nitrogens is 1. The number of rotatable bonds is 1. The molecule has 1 aromatic heterocycles. The zero-order valence-corrected chi connectivity index (χ0v) is 7.60. The van der Waals surface area contributed by atoms with Crippen LogP contribution in [0.15, 0.2) is 12.3 Å². The van der Waals surface area contributed by atoms with Gasteiger partial charge in [0.05, 0.1) is 11.5 Å². The maximum Gasteiger partial charge on any atom is 0.288 e. The van der Waals surface area contributed by atoms with Gasteiger partial charge in [-0.05, 0) is 0 Å². The third kappa shape index (κ3) is 1.71. The maximum absolute atomic E-state index is 11.4. The fraction of sp³-hybridized carbons (Fsp3) is 0.250. The monoisotopic (exact) mass is 209 g/mol. The van der Waals surface area contributed by atoms with Crippen molar-refractivity contribution >= 4 is 11.6 Å². The summed E-state index contributed by atoms with van der Waals surface area (Å²) in [5.74, 6) is -0.269. The Balaban J connectivity index is 2.48. The van der Waals surface area contributed by atoms with Crippen LogP contribution >= 0.6 is 0 Å². The van der Waals surface area contributed by atoms with Crippen LogP contribution in [0.2, 0.25) is 0 Å². The summed E-state index contributed by atoms with van der Waals surface area (Å²) in [6.45, 7) is 0.673. The minimum Gasteiger partial charge on any atom is -0.475 e. The van der Waals surface area contributed by atoms with E-state index < -0.39 is 10.8 Å². The highest BCUT2D eigenvalue weighted by Gasteiger charge is 2.21. The summed E-state index contributed by atoms with van der Waals surface area (Å²) in [6.07, 6.45) is 1.07. The molecule has 7 nitrogen and oxygen atoms in total. The second-order valence-electron chi connectivity index (χ2n) is 2.91. The van der Waals surface area contributed by atoms with Gasteiger partial charge >= 0.3 is 0 Å². The van der Waals surface area contributed by atoms with Gasteiger partial charge in [0.1, 0.15) is 18.4 Å². The molecule has 0 spiro atoms. The molecule has 78 valence electrons. The van der Waals surface area contributed by atoms with Gasteiger partial charge in [0.2, 0.25) is 5.88 Å². The Morgan fingerprint density at radius 1 is 1.60 bits per heavy atom. The molecular formula is C8H7N3O4.